The molecule has 0 atom stereocenters. The summed E-state index contributed by atoms with van der Waals surface area (Å²) in [5.41, 5.74) is 3.89. The number of aryl methyl sites for hydroxylation is 2. The second-order valence-electron chi connectivity index (χ2n) is 10.7. The molecule has 0 aliphatic heterocycles. The van der Waals surface area contributed by atoms with Crippen molar-refractivity contribution in [1.82, 2.24) is 0 Å². The van der Waals surface area contributed by atoms with E-state index in [2.05, 4.69) is 30.9 Å². The van der Waals surface area contributed by atoms with Crippen LogP contribution >= 0.6 is 0 Å². The van der Waals surface area contributed by atoms with Gasteiger partial charge in [-0.1, -0.05) is 80.1 Å². The molecule has 5 aromatic rings. The average molecular weight is 599 g/mol. The van der Waals surface area contributed by atoms with E-state index in [-0.39, 0.29) is 27.8 Å². The van der Waals surface area contributed by atoms with Gasteiger partial charge in [-0.15, -0.1) is 0 Å². The fourth-order valence-corrected chi connectivity index (χ4v) is 5.11. The highest BCUT2D eigenvalue weighted by Gasteiger charge is 2.15. The first-order chi connectivity index (χ1) is 21.1. The van der Waals surface area contributed by atoms with Crippen LogP contribution in [0.3, 0.4) is 0 Å². The minimum atomic E-state index is -1.62. The van der Waals surface area contributed by atoms with Crippen molar-refractivity contribution in [2.24, 2.45) is 0 Å². The second-order valence-corrected chi connectivity index (χ2v) is 10.7. The number of halogens is 6. The van der Waals surface area contributed by atoms with Crippen LogP contribution in [-0.2, 0) is 6.42 Å². The van der Waals surface area contributed by atoms with Crippen LogP contribution in [0.4, 0.5) is 26.3 Å². The molecule has 0 amide bonds. The third-order valence-electron chi connectivity index (χ3n) is 7.52. The highest BCUT2D eigenvalue weighted by atomic mass is 19.2. The molecule has 0 aliphatic carbocycles. The molecule has 222 valence electrons. The Morgan fingerprint density at radius 1 is 0.523 bits per heavy atom. The van der Waals surface area contributed by atoms with Crippen molar-refractivity contribution >= 4 is 0 Å². The molecule has 0 saturated carbocycles. The summed E-state index contributed by atoms with van der Waals surface area (Å²) in [5.74, 6) is -1.41. The Balaban J connectivity index is 1.37. The Labute approximate surface area is 253 Å². The lowest BCUT2D eigenvalue weighted by Gasteiger charge is -2.11. The average Bonchev–Trinajstić information content (AvgIpc) is 2.99. The van der Waals surface area contributed by atoms with Gasteiger partial charge in [-0.2, -0.15) is 0 Å². The Morgan fingerprint density at radius 2 is 1.09 bits per heavy atom. The zero-order chi connectivity index (χ0) is 31.4. The van der Waals surface area contributed by atoms with E-state index in [9.17, 15) is 13.2 Å². The van der Waals surface area contributed by atoms with Gasteiger partial charge in [0.1, 0.15) is 17.5 Å². The minimum Gasteiger partial charge on any atom is -0.206 e. The van der Waals surface area contributed by atoms with Crippen molar-refractivity contribution in [1.29, 1.82) is 0 Å². The smallest absolute Gasteiger partial charge is 0.194 e. The summed E-state index contributed by atoms with van der Waals surface area (Å²) in [6.07, 6.45) is 4.49. The van der Waals surface area contributed by atoms with Gasteiger partial charge in [0.15, 0.2) is 17.5 Å². The van der Waals surface area contributed by atoms with Crippen LogP contribution < -0.4 is 0 Å². The van der Waals surface area contributed by atoms with E-state index in [1.807, 2.05) is 12.1 Å². The fourth-order valence-electron chi connectivity index (χ4n) is 5.11. The van der Waals surface area contributed by atoms with Crippen LogP contribution in [0.2, 0.25) is 0 Å². The molecule has 0 heterocycles. The highest BCUT2D eigenvalue weighted by Crippen LogP contribution is 2.33. The maximum absolute atomic E-state index is 15.3. The van der Waals surface area contributed by atoms with Crippen LogP contribution in [0.1, 0.15) is 48.4 Å². The molecule has 0 bridgehead atoms. The zero-order valence-electron chi connectivity index (χ0n) is 24.2. The third kappa shape index (κ3) is 6.73. The maximum Gasteiger partial charge on any atom is 0.194 e. The SMILES string of the molecule is CCCCCc1ccc(-c2ccc(-c3ccc(-c4cc(C)c(C#Cc5cc(F)c(F)c(F)c5)c(F)c4)c(F)c3)c(F)c2)cc1. The molecule has 0 N–H and O–H groups in total. The molecule has 0 radical (unpaired) electrons. The van der Waals surface area contributed by atoms with Crippen molar-refractivity contribution < 1.29 is 26.3 Å². The van der Waals surface area contributed by atoms with Gasteiger partial charge in [0.2, 0.25) is 0 Å². The predicted molar refractivity (Wildman–Crippen MR) is 163 cm³/mol. The summed E-state index contributed by atoms with van der Waals surface area (Å²) in [5, 5.41) is 0. The van der Waals surface area contributed by atoms with Gasteiger partial charge < -0.3 is 0 Å². The number of hydrogen-bond acceptors (Lipinski definition) is 0. The standard InChI is InChI=1S/C38H28F6/c1-3-4-5-6-24-7-10-26(11-8-24)27-12-15-31(34(40)20-27)28-13-16-32(35(41)21-28)29-17-23(2)30(33(39)22-29)14-9-25-18-36(42)38(44)37(43)19-25/h7-8,10-13,15-22H,3-6H2,1-2H3. The lowest BCUT2D eigenvalue weighted by Crippen LogP contribution is -1.95. The molecular formula is C38H28F6. The molecule has 0 aliphatic rings. The van der Waals surface area contributed by atoms with E-state index in [1.54, 1.807) is 25.1 Å². The molecule has 0 saturated heterocycles. The number of rotatable bonds is 7. The highest BCUT2D eigenvalue weighted by molar-refractivity contribution is 5.75. The molecule has 5 rings (SSSR count). The van der Waals surface area contributed by atoms with E-state index < -0.39 is 34.9 Å². The molecule has 5 aromatic carbocycles. The summed E-state index contributed by atoms with van der Waals surface area (Å²) < 4.78 is 85.8. The van der Waals surface area contributed by atoms with E-state index in [0.717, 1.165) is 30.9 Å². The molecule has 0 unspecified atom stereocenters. The van der Waals surface area contributed by atoms with Gasteiger partial charge in [-0.05, 0) is 89.5 Å². The molecule has 0 spiro atoms. The van der Waals surface area contributed by atoms with Crippen LogP contribution in [0, 0.1) is 53.7 Å². The Morgan fingerprint density at radius 3 is 1.70 bits per heavy atom. The van der Waals surface area contributed by atoms with Gasteiger partial charge in [-0.3, -0.25) is 0 Å². The van der Waals surface area contributed by atoms with E-state index >= 15 is 13.2 Å². The predicted octanol–water partition coefficient (Wildman–Crippen LogP) is 11.0. The monoisotopic (exact) mass is 598 g/mol. The van der Waals surface area contributed by atoms with Crippen molar-refractivity contribution in [3.8, 4) is 45.2 Å². The summed E-state index contributed by atoms with van der Waals surface area (Å²) in [6.45, 7) is 3.73. The summed E-state index contributed by atoms with van der Waals surface area (Å²) in [6, 6.07) is 21.2. The lowest BCUT2D eigenvalue weighted by molar-refractivity contribution is 0.446. The first-order valence-electron chi connectivity index (χ1n) is 14.3. The normalized spacial score (nSPS) is 10.9. The molecule has 44 heavy (non-hydrogen) atoms. The molecule has 6 heteroatoms. The number of hydrogen-bond donors (Lipinski definition) is 0. The second kappa shape index (κ2) is 13.3. The minimum absolute atomic E-state index is 0.0517. The Hall–Kier alpha value is -4.76. The van der Waals surface area contributed by atoms with Crippen LogP contribution in [-0.4, -0.2) is 0 Å². The van der Waals surface area contributed by atoms with Crippen molar-refractivity contribution in [3.63, 3.8) is 0 Å². The molecule has 0 nitrogen and oxygen atoms in total. The molecular weight excluding hydrogens is 570 g/mol. The van der Waals surface area contributed by atoms with Crippen LogP contribution in [0.25, 0.3) is 33.4 Å². The van der Waals surface area contributed by atoms with Crippen molar-refractivity contribution in [2.45, 2.75) is 39.5 Å². The van der Waals surface area contributed by atoms with E-state index in [0.29, 0.717) is 28.8 Å². The quantitative estimate of drug-likeness (QED) is 0.0757. The topological polar surface area (TPSA) is 0 Å². The van der Waals surface area contributed by atoms with Gasteiger partial charge in [0, 0.05) is 16.7 Å². The largest absolute Gasteiger partial charge is 0.206 e. The first-order valence-corrected chi connectivity index (χ1v) is 14.3. The zero-order valence-corrected chi connectivity index (χ0v) is 24.2. The van der Waals surface area contributed by atoms with Crippen LogP contribution in [0.15, 0.2) is 84.9 Å². The van der Waals surface area contributed by atoms with Gasteiger partial charge >= 0.3 is 0 Å². The fraction of sp³-hybridized carbons (Fsp3) is 0.158. The summed E-state index contributed by atoms with van der Waals surface area (Å²) in [4.78, 5) is 0. The molecule has 0 aromatic heterocycles. The van der Waals surface area contributed by atoms with Gasteiger partial charge in [0.05, 0.1) is 5.56 Å². The maximum atomic E-state index is 15.3. The van der Waals surface area contributed by atoms with Gasteiger partial charge in [0.25, 0.3) is 0 Å². The number of unbranched alkanes of at least 4 members (excludes halogenated alkanes) is 2. The first kappa shape index (κ1) is 30.7. The van der Waals surface area contributed by atoms with Crippen molar-refractivity contribution in [2.75, 3.05) is 0 Å². The van der Waals surface area contributed by atoms with E-state index in [4.69, 9.17) is 0 Å². The third-order valence-corrected chi connectivity index (χ3v) is 7.52. The van der Waals surface area contributed by atoms with Crippen LogP contribution in [0.5, 0.6) is 0 Å². The Kier molecular flexibility index (Phi) is 9.25. The van der Waals surface area contributed by atoms with E-state index in [1.165, 1.54) is 36.2 Å². The van der Waals surface area contributed by atoms with Crippen molar-refractivity contribution in [3.05, 3.63) is 142 Å². The number of benzene rings is 5. The summed E-state index contributed by atoms with van der Waals surface area (Å²) >= 11 is 0. The van der Waals surface area contributed by atoms with Gasteiger partial charge in [-0.25, -0.2) is 26.3 Å². The lowest BCUT2D eigenvalue weighted by atomic mass is 9.95. The summed E-state index contributed by atoms with van der Waals surface area (Å²) in [7, 11) is 0. The molecule has 0 fully saturated rings. The Bertz CT molecular complexity index is 1850.